The van der Waals surface area contributed by atoms with E-state index in [4.69, 9.17) is 14.2 Å². The van der Waals surface area contributed by atoms with Gasteiger partial charge in [0.2, 0.25) is 5.88 Å². The van der Waals surface area contributed by atoms with Gasteiger partial charge in [-0.1, -0.05) is 24.3 Å². The maximum Gasteiger partial charge on any atom is 0.415 e. The zero-order valence-corrected chi connectivity index (χ0v) is 21.1. The van der Waals surface area contributed by atoms with Crippen LogP contribution in [0.3, 0.4) is 0 Å². The average molecular weight is 519 g/mol. The Balaban J connectivity index is 1.11. The van der Waals surface area contributed by atoms with Crippen molar-refractivity contribution in [1.82, 2.24) is 20.6 Å². The molecule has 4 heterocycles. The topological polar surface area (TPSA) is 127 Å². The Morgan fingerprint density at radius 1 is 1.11 bits per heavy atom. The third kappa shape index (κ3) is 6.18. The summed E-state index contributed by atoms with van der Waals surface area (Å²) in [6.45, 7) is 2.99. The minimum Gasteiger partial charge on any atom is -0.480 e. The van der Waals surface area contributed by atoms with Crippen LogP contribution in [0.15, 0.2) is 54.6 Å². The van der Waals surface area contributed by atoms with Crippen LogP contribution in [0.25, 0.3) is 11.3 Å². The van der Waals surface area contributed by atoms with E-state index in [-0.39, 0.29) is 18.6 Å². The summed E-state index contributed by atoms with van der Waals surface area (Å²) in [6, 6.07) is 17.4. The van der Waals surface area contributed by atoms with Crippen LogP contribution in [0.5, 0.6) is 11.6 Å². The molecule has 198 valence electrons. The molecule has 0 saturated carbocycles. The molecule has 0 aliphatic carbocycles. The lowest BCUT2D eigenvalue weighted by molar-refractivity contribution is -0.118. The van der Waals surface area contributed by atoms with Gasteiger partial charge in [0, 0.05) is 24.7 Å². The minimum absolute atomic E-state index is 0.0462. The van der Waals surface area contributed by atoms with Crippen molar-refractivity contribution in [3.8, 4) is 22.9 Å². The van der Waals surface area contributed by atoms with Gasteiger partial charge in [0.25, 0.3) is 5.91 Å². The van der Waals surface area contributed by atoms with Crippen molar-refractivity contribution >= 4 is 23.6 Å². The summed E-state index contributed by atoms with van der Waals surface area (Å²) in [7, 11) is 1.88. The molecule has 1 aromatic carbocycles. The summed E-state index contributed by atoms with van der Waals surface area (Å²) in [4.78, 5) is 34.5. The molecule has 2 amide bonds. The van der Waals surface area contributed by atoms with E-state index in [1.807, 2.05) is 37.4 Å². The van der Waals surface area contributed by atoms with Crippen LogP contribution in [0.1, 0.15) is 12.0 Å². The van der Waals surface area contributed by atoms with Crippen LogP contribution in [0, 0.1) is 0 Å². The first-order valence-corrected chi connectivity index (χ1v) is 12.6. The summed E-state index contributed by atoms with van der Waals surface area (Å²) < 4.78 is 16.6. The number of rotatable bonds is 11. The monoisotopic (exact) mass is 518 g/mol. The zero-order valence-electron chi connectivity index (χ0n) is 21.1. The number of benzene rings is 1. The standard InChI is InChI=1S/C27H30N6O5/c1-28-12-13-36-25-7-3-6-21(30-25)19-5-2-4-18(14-19)15-29-11-10-20-16-33(27(35)38-20)23-9-8-22-26(31-23)32-24(34)17-37-22/h2-9,14,20,28-29H,10-13,15-17H2,1H3,(H,31,32,34). The molecule has 1 fully saturated rings. The number of hydrogen-bond acceptors (Lipinski definition) is 9. The maximum absolute atomic E-state index is 12.4. The third-order valence-corrected chi connectivity index (χ3v) is 6.13. The number of hydrogen-bond donors (Lipinski definition) is 3. The number of pyridine rings is 2. The highest BCUT2D eigenvalue weighted by molar-refractivity contribution is 5.95. The highest BCUT2D eigenvalue weighted by Crippen LogP contribution is 2.30. The van der Waals surface area contributed by atoms with Crippen molar-refractivity contribution in [3.63, 3.8) is 0 Å². The fourth-order valence-corrected chi connectivity index (χ4v) is 4.21. The van der Waals surface area contributed by atoms with Gasteiger partial charge in [0.05, 0.1) is 12.2 Å². The molecule has 0 radical (unpaired) electrons. The van der Waals surface area contributed by atoms with Gasteiger partial charge in [-0.3, -0.25) is 9.69 Å². The molecule has 2 aromatic heterocycles. The quantitative estimate of drug-likeness (QED) is 0.328. The van der Waals surface area contributed by atoms with E-state index >= 15 is 0 Å². The van der Waals surface area contributed by atoms with Crippen LogP contribution in [-0.4, -0.2) is 68.0 Å². The number of amides is 2. The molecule has 38 heavy (non-hydrogen) atoms. The van der Waals surface area contributed by atoms with E-state index in [1.165, 1.54) is 4.90 Å². The smallest absolute Gasteiger partial charge is 0.415 e. The SMILES string of the molecule is CNCCOc1cccc(-c2cccc(CNCCC3CN(c4ccc5c(n4)NC(=O)CO5)C(=O)O3)c2)n1. The number of nitrogens with zero attached hydrogens (tertiary/aromatic N) is 3. The first-order chi connectivity index (χ1) is 18.6. The van der Waals surface area contributed by atoms with E-state index in [0.29, 0.717) is 55.9 Å². The second kappa shape index (κ2) is 11.9. The number of likely N-dealkylation sites (N-methyl/N-ethyl adjacent to an activating group) is 1. The molecule has 11 nitrogen and oxygen atoms in total. The third-order valence-electron chi connectivity index (χ3n) is 6.13. The zero-order chi connectivity index (χ0) is 26.3. The Hall–Kier alpha value is -4.22. The van der Waals surface area contributed by atoms with Gasteiger partial charge >= 0.3 is 6.09 Å². The lowest BCUT2D eigenvalue weighted by Crippen LogP contribution is -2.29. The van der Waals surface area contributed by atoms with Crippen molar-refractivity contribution in [2.45, 2.75) is 19.1 Å². The van der Waals surface area contributed by atoms with Crippen LogP contribution >= 0.6 is 0 Å². The first-order valence-electron chi connectivity index (χ1n) is 12.6. The normalized spacial score (nSPS) is 16.4. The minimum atomic E-state index is -0.456. The Kier molecular flexibility index (Phi) is 7.95. The van der Waals surface area contributed by atoms with Gasteiger partial charge < -0.3 is 30.2 Å². The van der Waals surface area contributed by atoms with Gasteiger partial charge in [0.1, 0.15) is 18.5 Å². The van der Waals surface area contributed by atoms with Crippen LogP contribution in [0.4, 0.5) is 16.4 Å². The second-order valence-corrected chi connectivity index (χ2v) is 8.95. The van der Waals surface area contributed by atoms with E-state index in [2.05, 4.69) is 38.1 Å². The highest BCUT2D eigenvalue weighted by atomic mass is 16.6. The second-order valence-electron chi connectivity index (χ2n) is 8.95. The predicted octanol–water partition coefficient (Wildman–Crippen LogP) is 2.58. The Morgan fingerprint density at radius 2 is 2.00 bits per heavy atom. The molecule has 1 unspecified atom stereocenters. The van der Waals surface area contributed by atoms with Crippen molar-refractivity contribution in [3.05, 3.63) is 60.2 Å². The van der Waals surface area contributed by atoms with Crippen molar-refractivity contribution in [1.29, 1.82) is 0 Å². The summed E-state index contributed by atoms with van der Waals surface area (Å²) in [5.74, 6) is 1.52. The number of ether oxygens (including phenoxy) is 3. The molecular weight excluding hydrogens is 488 g/mol. The number of anilines is 2. The molecule has 11 heteroatoms. The fourth-order valence-electron chi connectivity index (χ4n) is 4.21. The first kappa shape index (κ1) is 25.4. The molecule has 0 bridgehead atoms. The number of nitrogens with one attached hydrogen (secondary N) is 3. The van der Waals surface area contributed by atoms with Gasteiger partial charge in [-0.2, -0.15) is 0 Å². The largest absolute Gasteiger partial charge is 0.480 e. The molecule has 2 aliphatic heterocycles. The van der Waals surface area contributed by atoms with Gasteiger partial charge in [-0.15, -0.1) is 0 Å². The Morgan fingerprint density at radius 3 is 2.89 bits per heavy atom. The number of cyclic esters (lactones) is 1. The molecule has 5 rings (SSSR count). The lowest BCUT2D eigenvalue weighted by Gasteiger charge is -2.19. The average Bonchev–Trinajstić information content (AvgIpc) is 3.31. The maximum atomic E-state index is 12.4. The van der Waals surface area contributed by atoms with Crippen molar-refractivity contribution in [2.24, 2.45) is 0 Å². The van der Waals surface area contributed by atoms with Crippen molar-refractivity contribution < 1.29 is 23.8 Å². The Labute approximate surface area is 220 Å². The van der Waals surface area contributed by atoms with Gasteiger partial charge in [-0.25, -0.2) is 14.8 Å². The van der Waals surface area contributed by atoms with Crippen LogP contribution < -0.4 is 30.3 Å². The number of carbonyl (C=O) groups is 2. The molecule has 1 saturated heterocycles. The molecule has 3 aromatic rings. The highest BCUT2D eigenvalue weighted by Gasteiger charge is 2.33. The number of carbonyl (C=O) groups excluding carboxylic acids is 2. The summed E-state index contributed by atoms with van der Waals surface area (Å²) >= 11 is 0. The molecule has 1 atom stereocenters. The van der Waals surface area contributed by atoms with Crippen LogP contribution in [0.2, 0.25) is 0 Å². The molecule has 0 spiro atoms. The van der Waals surface area contributed by atoms with E-state index in [9.17, 15) is 9.59 Å². The Bertz CT molecular complexity index is 1300. The molecular formula is C27H30N6O5. The van der Waals surface area contributed by atoms with Gasteiger partial charge in [0.15, 0.2) is 18.2 Å². The molecule has 2 aliphatic rings. The van der Waals surface area contributed by atoms with Crippen LogP contribution in [-0.2, 0) is 16.1 Å². The van der Waals surface area contributed by atoms with Crippen molar-refractivity contribution in [2.75, 3.05) is 50.1 Å². The molecule has 3 N–H and O–H groups in total. The van der Waals surface area contributed by atoms with Gasteiger partial charge in [-0.05, 0) is 49.8 Å². The summed E-state index contributed by atoms with van der Waals surface area (Å²) in [6.07, 6.45) is -0.0666. The summed E-state index contributed by atoms with van der Waals surface area (Å²) in [5, 5.41) is 9.14. The number of fused-ring (bicyclic) bond motifs is 1. The van der Waals surface area contributed by atoms with E-state index in [0.717, 1.165) is 23.4 Å². The van der Waals surface area contributed by atoms with E-state index < -0.39 is 6.09 Å². The van der Waals surface area contributed by atoms with E-state index in [1.54, 1.807) is 12.1 Å². The number of aromatic nitrogens is 2. The fraction of sp³-hybridized carbons (Fsp3) is 0.333. The predicted molar refractivity (Wildman–Crippen MR) is 141 cm³/mol. The lowest BCUT2D eigenvalue weighted by atomic mass is 10.1. The summed E-state index contributed by atoms with van der Waals surface area (Å²) in [5.41, 5.74) is 3.00.